The fourth-order valence-corrected chi connectivity index (χ4v) is 5.85. The van der Waals surface area contributed by atoms with Gasteiger partial charge >= 0.3 is 23.9 Å². The van der Waals surface area contributed by atoms with Crippen LogP contribution in [-0.2, 0) is 0 Å². The smallest absolute Gasteiger partial charge is 0.372 e. The Bertz CT molecular complexity index is 1480. The molecule has 14 heteroatoms. The van der Waals surface area contributed by atoms with E-state index in [-0.39, 0.29) is 22.3 Å². The van der Waals surface area contributed by atoms with Gasteiger partial charge in [-0.3, -0.25) is 0 Å². The van der Waals surface area contributed by atoms with E-state index in [0.717, 1.165) is 25.1 Å². The van der Waals surface area contributed by atoms with Crippen LogP contribution in [0.1, 0.15) is 88.1 Å². The normalized spacial score (nSPS) is 24.6. The van der Waals surface area contributed by atoms with Gasteiger partial charge < -0.3 is 48.3 Å². The van der Waals surface area contributed by atoms with Gasteiger partial charge in [-0.25, -0.2) is 19.2 Å². The van der Waals surface area contributed by atoms with Crippen LogP contribution < -0.4 is 0 Å². The van der Waals surface area contributed by atoms with Crippen LogP contribution >= 0.6 is 0 Å². The number of hydrogen-bond donors (Lipinski definition) is 6. The molecule has 6 N–H and O–H groups in total. The van der Waals surface area contributed by atoms with Crippen molar-refractivity contribution in [1.82, 2.24) is 0 Å². The number of carbonyl (C=O) groups is 4. The Kier molecular flexibility index (Phi) is 6.57. The van der Waals surface area contributed by atoms with Crippen molar-refractivity contribution in [3.63, 3.8) is 0 Å². The second kappa shape index (κ2) is 9.91. The molecule has 0 bridgehead atoms. The molecule has 0 spiro atoms. The molecule has 0 aliphatic heterocycles. The van der Waals surface area contributed by atoms with E-state index in [1.165, 1.54) is 24.3 Å². The van der Waals surface area contributed by atoms with Crippen LogP contribution in [0.15, 0.2) is 67.0 Å². The van der Waals surface area contributed by atoms with E-state index in [0.29, 0.717) is 0 Å². The first-order valence-electron chi connectivity index (χ1n) is 11.6. The van der Waals surface area contributed by atoms with Crippen LogP contribution in [-0.4, -0.2) is 66.7 Å². The summed E-state index contributed by atoms with van der Waals surface area (Å²) in [5, 5.41) is 62.3. The van der Waals surface area contributed by atoms with Crippen molar-refractivity contribution in [3.8, 4) is 0 Å². The van der Waals surface area contributed by atoms with Gasteiger partial charge in [0.25, 0.3) is 0 Å². The molecule has 6 atom stereocenters. The van der Waals surface area contributed by atoms with Crippen molar-refractivity contribution in [3.05, 3.63) is 94.6 Å². The number of hydrogen-bond acceptors (Lipinski definition) is 10. The molecule has 1 fully saturated rings. The highest BCUT2D eigenvalue weighted by Gasteiger charge is 2.56. The molecule has 4 aromatic heterocycles. The summed E-state index contributed by atoms with van der Waals surface area (Å²) in [6, 6.07) is 4.96. The molecular weight excluding hydrogens is 536 g/mol. The Hall–Kier alpha value is -5.08. The lowest BCUT2D eigenvalue weighted by Gasteiger charge is -2.48. The highest BCUT2D eigenvalue weighted by Crippen LogP contribution is 2.59. The molecule has 1 aliphatic rings. The number of aliphatic hydroxyl groups excluding tert-OH is 2. The molecule has 1 saturated carbocycles. The fourth-order valence-electron chi connectivity index (χ4n) is 5.85. The number of aliphatic hydroxyl groups is 2. The van der Waals surface area contributed by atoms with Crippen LogP contribution in [0, 0.1) is 0 Å². The Morgan fingerprint density at radius 1 is 0.450 bits per heavy atom. The highest BCUT2D eigenvalue weighted by atomic mass is 16.4. The molecule has 40 heavy (non-hydrogen) atoms. The molecule has 1 aliphatic carbocycles. The van der Waals surface area contributed by atoms with Gasteiger partial charge in [0.2, 0.25) is 23.0 Å². The van der Waals surface area contributed by atoms with Crippen molar-refractivity contribution in [2.24, 2.45) is 0 Å². The summed E-state index contributed by atoms with van der Waals surface area (Å²) in [6.07, 6.45) is 0.442. The summed E-state index contributed by atoms with van der Waals surface area (Å²) in [5.41, 5.74) is -0.435. The monoisotopic (exact) mass is 556 g/mol. The molecule has 208 valence electrons. The zero-order valence-electron chi connectivity index (χ0n) is 20.0. The highest BCUT2D eigenvalue weighted by molar-refractivity contribution is 5.89. The summed E-state index contributed by atoms with van der Waals surface area (Å²) in [6.45, 7) is 0. The van der Waals surface area contributed by atoms with Crippen LogP contribution in [0.4, 0.5) is 0 Å². The standard InChI is InChI=1S/C26H20O14/c27-17-15(11-3-7-39-21(11)25(33)34)13(9-1-5-37-19(9)23(29)30)14(10-2-6-38-20(10)24(31)32)16(18(17)28)12-4-8-40-22(12)26(35)36/h1-8,13-18,27-28H,(H,29,30)(H,31,32)(H,33,34)(H,35,36)/t13-,14+,15-,16+,17-,18+. The number of carboxylic acid groups (broad SMARTS) is 4. The van der Waals surface area contributed by atoms with E-state index < -0.39 is 82.8 Å². The number of aromatic carboxylic acids is 4. The average Bonchev–Trinajstić information content (AvgIpc) is 3.70. The van der Waals surface area contributed by atoms with E-state index in [4.69, 9.17) is 17.7 Å². The third kappa shape index (κ3) is 4.06. The molecule has 14 nitrogen and oxygen atoms in total. The first kappa shape index (κ1) is 26.5. The number of rotatable bonds is 8. The summed E-state index contributed by atoms with van der Waals surface area (Å²) < 4.78 is 20.6. The lowest BCUT2D eigenvalue weighted by molar-refractivity contribution is -0.0525. The van der Waals surface area contributed by atoms with Crippen molar-refractivity contribution in [1.29, 1.82) is 0 Å². The van der Waals surface area contributed by atoms with E-state index >= 15 is 0 Å². The van der Waals surface area contributed by atoms with Crippen molar-refractivity contribution in [2.45, 2.75) is 35.9 Å². The maximum absolute atomic E-state index is 12.1. The molecule has 0 aromatic carbocycles. The van der Waals surface area contributed by atoms with Gasteiger partial charge in [0.15, 0.2) is 0 Å². The first-order chi connectivity index (χ1) is 19.0. The summed E-state index contributed by atoms with van der Waals surface area (Å²) in [7, 11) is 0. The van der Waals surface area contributed by atoms with Crippen LogP contribution in [0.2, 0.25) is 0 Å². The third-order valence-corrected chi connectivity index (χ3v) is 7.24. The molecule has 4 aromatic rings. The van der Waals surface area contributed by atoms with Crippen molar-refractivity contribution in [2.75, 3.05) is 0 Å². The van der Waals surface area contributed by atoms with Crippen LogP contribution in [0.25, 0.3) is 0 Å². The van der Waals surface area contributed by atoms with Crippen LogP contribution in [0.3, 0.4) is 0 Å². The Morgan fingerprint density at radius 3 is 0.900 bits per heavy atom. The van der Waals surface area contributed by atoms with Gasteiger partial charge in [0.1, 0.15) is 0 Å². The van der Waals surface area contributed by atoms with Gasteiger partial charge in [0, 0.05) is 45.9 Å². The van der Waals surface area contributed by atoms with Crippen LogP contribution in [0.5, 0.6) is 0 Å². The Balaban J connectivity index is 1.87. The van der Waals surface area contributed by atoms with Crippen molar-refractivity contribution >= 4 is 23.9 Å². The molecule has 4 heterocycles. The Morgan fingerprint density at radius 2 is 0.675 bits per heavy atom. The topological polar surface area (TPSA) is 242 Å². The summed E-state index contributed by atoms with van der Waals surface area (Å²) in [4.78, 5) is 48.2. The van der Waals surface area contributed by atoms with Crippen molar-refractivity contribution < 1.29 is 67.5 Å². The predicted molar refractivity (Wildman–Crippen MR) is 126 cm³/mol. The second-order valence-corrected chi connectivity index (χ2v) is 9.13. The lowest BCUT2D eigenvalue weighted by Crippen LogP contribution is -2.49. The van der Waals surface area contributed by atoms with Gasteiger partial charge in [-0.1, -0.05) is 0 Å². The predicted octanol–water partition coefficient (Wildman–Crippen LogP) is 3.02. The minimum atomic E-state index is -1.85. The van der Waals surface area contributed by atoms with E-state index in [2.05, 4.69) is 0 Å². The maximum Gasteiger partial charge on any atom is 0.372 e. The molecular formula is C26H20O14. The SMILES string of the molecule is O=C(O)c1occc1[C@@H]1[C@H](c2ccoc2C(=O)O)[C@H](c2ccoc2C(=O)O)[C@H](O)[C@H](O)[C@@H]1c1ccoc1C(=O)O. The second-order valence-electron chi connectivity index (χ2n) is 9.13. The maximum atomic E-state index is 12.1. The van der Waals surface area contributed by atoms with Gasteiger partial charge in [-0.05, 0) is 24.3 Å². The Labute approximate surface area is 222 Å². The molecule has 0 amide bonds. The molecule has 0 unspecified atom stereocenters. The van der Waals surface area contributed by atoms with E-state index in [1.807, 2.05) is 0 Å². The lowest BCUT2D eigenvalue weighted by atomic mass is 9.56. The van der Waals surface area contributed by atoms with Gasteiger partial charge in [-0.2, -0.15) is 0 Å². The zero-order valence-corrected chi connectivity index (χ0v) is 20.0. The third-order valence-electron chi connectivity index (χ3n) is 7.24. The molecule has 5 rings (SSSR count). The largest absolute Gasteiger partial charge is 0.475 e. The average molecular weight is 556 g/mol. The summed E-state index contributed by atoms with van der Waals surface area (Å²) in [5.74, 6) is -14.1. The molecule has 0 radical (unpaired) electrons. The number of carboxylic acids is 4. The summed E-state index contributed by atoms with van der Waals surface area (Å²) >= 11 is 0. The first-order valence-corrected chi connectivity index (χ1v) is 11.6. The zero-order chi connectivity index (χ0) is 28.9. The minimum absolute atomic E-state index is 0.0890. The molecule has 0 saturated heterocycles. The van der Waals surface area contributed by atoms with Gasteiger partial charge in [0.05, 0.1) is 37.3 Å². The van der Waals surface area contributed by atoms with E-state index in [9.17, 15) is 49.8 Å². The fraction of sp³-hybridized carbons (Fsp3) is 0.231. The minimum Gasteiger partial charge on any atom is -0.475 e. The van der Waals surface area contributed by atoms with E-state index in [1.54, 1.807) is 0 Å². The number of furan rings is 4. The van der Waals surface area contributed by atoms with Gasteiger partial charge in [-0.15, -0.1) is 0 Å². The quantitative estimate of drug-likeness (QED) is 0.183.